The number of carbonyl (C=O) groups is 3. The van der Waals surface area contributed by atoms with Gasteiger partial charge in [0.15, 0.2) is 5.54 Å². The van der Waals surface area contributed by atoms with Gasteiger partial charge in [-0.15, -0.1) is 0 Å². The molecule has 0 aromatic heterocycles. The molecule has 1 saturated heterocycles. The van der Waals surface area contributed by atoms with E-state index >= 15 is 0 Å². The van der Waals surface area contributed by atoms with Gasteiger partial charge in [-0.05, 0) is 35.1 Å². The second-order valence-corrected chi connectivity index (χ2v) is 9.50. The summed E-state index contributed by atoms with van der Waals surface area (Å²) in [6.07, 6.45) is 1.01. The highest BCUT2D eigenvalue weighted by atomic mass is 16.5. The van der Waals surface area contributed by atoms with Crippen molar-refractivity contribution in [2.75, 3.05) is 26.9 Å². The lowest BCUT2D eigenvalue weighted by Gasteiger charge is -2.34. The Bertz CT molecular complexity index is 1090. The van der Waals surface area contributed by atoms with Gasteiger partial charge >= 0.3 is 12.1 Å². The summed E-state index contributed by atoms with van der Waals surface area (Å²) in [5, 5.41) is 12.6. The van der Waals surface area contributed by atoms with Gasteiger partial charge in [0.2, 0.25) is 5.91 Å². The predicted molar refractivity (Wildman–Crippen MR) is 123 cm³/mol. The van der Waals surface area contributed by atoms with Crippen LogP contribution in [0.2, 0.25) is 0 Å². The second-order valence-electron chi connectivity index (χ2n) is 9.50. The zero-order valence-electron chi connectivity index (χ0n) is 19.1. The highest BCUT2D eigenvalue weighted by Gasteiger charge is 2.52. The third-order valence-electron chi connectivity index (χ3n) is 7.47. The number of nitrogens with zero attached hydrogens (tertiary/aromatic N) is 1. The van der Waals surface area contributed by atoms with Gasteiger partial charge in [-0.3, -0.25) is 4.79 Å². The number of alkyl carbamates (subject to hydrolysis) is 1. The normalized spacial score (nSPS) is 21.9. The number of rotatable bonds is 7. The Hall–Kier alpha value is -3.39. The number of nitrogens with one attached hydrogen (secondary N) is 1. The van der Waals surface area contributed by atoms with Crippen molar-refractivity contribution in [2.24, 2.45) is 0 Å². The summed E-state index contributed by atoms with van der Waals surface area (Å²) in [6, 6.07) is 16.2. The summed E-state index contributed by atoms with van der Waals surface area (Å²) in [5.41, 5.74) is 2.54. The Morgan fingerprint density at radius 3 is 2.21 bits per heavy atom. The molecule has 178 valence electrons. The number of benzene rings is 2. The average molecular weight is 465 g/mol. The number of fused-ring (bicyclic) bond motifs is 3. The SMILES string of the molecule is CN(C(=O)CC1(NC(=O)OCC2c3ccccc3-c3ccccc32)CC1)C1(C(=O)O)CCOC1. The molecule has 5 rings (SSSR count). The fraction of sp³-hybridized carbons (Fsp3) is 0.423. The number of likely N-dealkylation sites (N-methyl/N-ethyl adjacent to an activating group) is 1. The standard InChI is InChI=1S/C26H28N2O6/c1-28(26(23(30)31)12-13-33-16-26)22(29)14-25(10-11-25)27-24(32)34-15-21-19-8-4-2-6-17(19)18-7-3-5-9-20(18)21/h2-9,21H,10-16H2,1H3,(H,27,32)(H,30,31). The molecule has 0 radical (unpaired) electrons. The van der Waals surface area contributed by atoms with Gasteiger partial charge in [0.25, 0.3) is 0 Å². The minimum atomic E-state index is -1.35. The number of hydrogen-bond acceptors (Lipinski definition) is 5. The van der Waals surface area contributed by atoms with Crippen molar-refractivity contribution in [3.05, 3.63) is 59.7 Å². The van der Waals surface area contributed by atoms with Crippen LogP contribution in [0.3, 0.4) is 0 Å². The van der Waals surface area contributed by atoms with Crippen molar-refractivity contribution < 1.29 is 29.0 Å². The fourth-order valence-electron chi connectivity index (χ4n) is 5.13. The van der Waals surface area contributed by atoms with Crippen LogP contribution >= 0.6 is 0 Å². The number of carboxylic acid groups (broad SMARTS) is 1. The molecule has 34 heavy (non-hydrogen) atoms. The first kappa shape index (κ1) is 22.4. The monoisotopic (exact) mass is 464 g/mol. The predicted octanol–water partition coefficient (Wildman–Crippen LogP) is 3.15. The lowest BCUT2D eigenvalue weighted by atomic mass is 9.96. The van der Waals surface area contributed by atoms with E-state index in [1.807, 2.05) is 24.3 Å². The molecule has 2 aromatic rings. The van der Waals surface area contributed by atoms with Crippen LogP contribution in [0.4, 0.5) is 4.79 Å². The number of carbonyl (C=O) groups excluding carboxylic acids is 2. The third kappa shape index (κ3) is 3.81. The minimum Gasteiger partial charge on any atom is -0.479 e. The van der Waals surface area contributed by atoms with Crippen molar-refractivity contribution >= 4 is 18.0 Å². The molecule has 1 heterocycles. The third-order valence-corrected chi connectivity index (χ3v) is 7.47. The van der Waals surface area contributed by atoms with E-state index in [1.54, 1.807) is 0 Å². The molecule has 2 amide bonds. The molecule has 1 unspecified atom stereocenters. The molecule has 1 saturated carbocycles. The molecule has 2 aromatic carbocycles. The van der Waals surface area contributed by atoms with Crippen molar-refractivity contribution in [2.45, 2.75) is 42.7 Å². The van der Waals surface area contributed by atoms with Crippen LogP contribution in [0, 0.1) is 0 Å². The quantitative estimate of drug-likeness (QED) is 0.652. The van der Waals surface area contributed by atoms with Gasteiger partial charge < -0.3 is 24.8 Å². The first-order chi connectivity index (χ1) is 16.4. The van der Waals surface area contributed by atoms with E-state index in [2.05, 4.69) is 29.6 Å². The topological polar surface area (TPSA) is 105 Å². The van der Waals surface area contributed by atoms with E-state index < -0.39 is 23.1 Å². The lowest BCUT2D eigenvalue weighted by molar-refractivity contribution is -0.158. The maximum absolute atomic E-state index is 12.9. The van der Waals surface area contributed by atoms with E-state index in [1.165, 1.54) is 11.9 Å². The molecule has 8 nitrogen and oxygen atoms in total. The number of amides is 2. The fourth-order valence-corrected chi connectivity index (χ4v) is 5.13. The minimum absolute atomic E-state index is 0.0304. The maximum Gasteiger partial charge on any atom is 0.407 e. The van der Waals surface area contributed by atoms with Crippen LogP contribution in [0.5, 0.6) is 0 Å². The molecular weight excluding hydrogens is 436 g/mol. The molecule has 0 bridgehead atoms. The zero-order valence-corrected chi connectivity index (χ0v) is 19.1. The van der Waals surface area contributed by atoms with Gasteiger partial charge in [-0.1, -0.05) is 48.5 Å². The van der Waals surface area contributed by atoms with E-state index in [0.717, 1.165) is 22.3 Å². The highest BCUT2D eigenvalue weighted by molar-refractivity contribution is 5.88. The van der Waals surface area contributed by atoms with Crippen LogP contribution in [-0.2, 0) is 19.1 Å². The zero-order chi connectivity index (χ0) is 23.9. The Kier molecular flexibility index (Phi) is 5.56. The van der Waals surface area contributed by atoms with Crippen molar-refractivity contribution in [1.29, 1.82) is 0 Å². The molecule has 3 aliphatic rings. The van der Waals surface area contributed by atoms with E-state index in [0.29, 0.717) is 19.4 Å². The van der Waals surface area contributed by atoms with Gasteiger partial charge in [0, 0.05) is 26.0 Å². The Balaban J connectivity index is 1.21. The van der Waals surface area contributed by atoms with Crippen LogP contribution in [0.1, 0.15) is 42.7 Å². The first-order valence-corrected chi connectivity index (χ1v) is 11.6. The summed E-state index contributed by atoms with van der Waals surface area (Å²) in [5.74, 6) is -1.45. The first-order valence-electron chi connectivity index (χ1n) is 11.6. The average Bonchev–Trinajstić information content (AvgIpc) is 3.27. The summed E-state index contributed by atoms with van der Waals surface area (Å²) >= 11 is 0. The highest BCUT2D eigenvalue weighted by Crippen LogP contribution is 2.45. The Morgan fingerprint density at radius 2 is 1.68 bits per heavy atom. The Morgan fingerprint density at radius 1 is 1.06 bits per heavy atom. The largest absolute Gasteiger partial charge is 0.479 e. The molecular formula is C26H28N2O6. The molecule has 0 spiro atoms. The molecule has 8 heteroatoms. The van der Waals surface area contributed by atoms with Crippen LogP contribution in [-0.4, -0.2) is 65.9 Å². The molecule has 2 N–H and O–H groups in total. The van der Waals surface area contributed by atoms with E-state index in [-0.39, 0.29) is 37.9 Å². The van der Waals surface area contributed by atoms with Gasteiger partial charge in [0.1, 0.15) is 6.61 Å². The van der Waals surface area contributed by atoms with E-state index in [4.69, 9.17) is 9.47 Å². The maximum atomic E-state index is 12.9. The van der Waals surface area contributed by atoms with Gasteiger partial charge in [0.05, 0.1) is 18.6 Å². The molecule has 1 aliphatic heterocycles. The number of aliphatic carboxylic acids is 1. The van der Waals surface area contributed by atoms with Crippen LogP contribution < -0.4 is 5.32 Å². The number of carboxylic acids is 1. The number of hydrogen-bond donors (Lipinski definition) is 2. The van der Waals surface area contributed by atoms with Crippen molar-refractivity contribution in [1.82, 2.24) is 10.2 Å². The smallest absolute Gasteiger partial charge is 0.407 e. The molecule has 1 atom stereocenters. The van der Waals surface area contributed by atoms with Gasteiger partial charge in [-0.25, -0.2) is 9.59 Å². The van der Waals surface area contributed by atoms with E-state index in [9.17, 15) is 19.5 Å². The van der Waals surface area contributed by atoms with Crippen molar-refractivity contribution in [3.8, 4) is 11.1 Å². The van der Waals surface area contributed by atoms with Crippen LogP contribution in [0.25, 0.3) is 11.1 Å². The lowest BCUT2D eigenvalue weighted by Crippen LogP contribution is -2.57. The summed E-state index contributed by atoms with van der Waals surface area (Å²) in [4.78, 5) is 38.7. The number of ether oxygens (including phenoxy) is 2. The Labute approximate surface area is 197 Å². The summed E-state index contributed by atoms with van der Waals surface area (Å²) in [7, 11) is 1.49. The molecule has 2 aliphatic carbocycles. The second kappa shape index (κ2) is 8.43. The van der Waals surface area contributed by atoms with Gasteiger partial charge in [-0.2, -0.15) is 0 Å². The summed E-state index contributed by atoms with van der Waals surface area (Å²) in [6.45, 7) is 0.466. The summed E-state index contributed by atoms with van der Waals surface area (Å²) < 4.78 is 10.9. The molecule has 2 fully saturated rings. The van der Waals surface area contributed by atoms with Crippen LogP contribution in [0.15, 0.2) is 48.5 Å². The van der Waals surface area contributed by atoms with Crippen molar-refractivity contribution in [3.63, 3.8) is 0 Å².